The SMILES string of the molecule is CS(=O)(=O)N(Cc1cccc(-c2ccnc(CCCc3cc(F)cc(F)c3)n2)c1)CC1CCCC1. The molecule has 0 atom stereocenters. The van der Waals surface area contributed by atoms with E-state index in [9.17, 15) is 17.2 Å². The summed E-state index contributed by atoms with van der Waals surface area (Å²) in [6, 6.07) is 13.2. The first kappa shape index (κ1) is 25.4. The van der Waals surface area contributed by atoms with Crippen LogP contribution >= 0.6 is 0 Å². The highest BCUT2D eigenvalue weighted by Crippen LogP contribution is 2.27. The van der Waals surface area contributed by atoms with Crippen molar-refractivity contribution in [2.75, 3.05) is 12.8 Å². The molecular formula is C27H31F2N3O2S. The van der Waals surface area contributed by atoms with Crippen LogP contribution in [0.2, 0.25) is 0 Å². The predicted octanol–water partition coefficient (Wildman–Crippen LogP) is 5.55. The third-order valence-electron chi connectivity index (χ3n) is 6.48. The maximum Gasteiger partial charge on any atom is 0.211 e. The van der Waals surface area contributed by atoms with Crippen LogP contribution in [0.5, 0.6) is 0 Å². The quantitative estimate of drug-likeness (QED) is 0.367. The third-order valence-corrected chi connectivity index (χ3v) is 7.70. The van der Waals surface area contributed by atoms with E-state index in [2.05, 4.69) is 9.97 Å². The van der Waals surface area contributed by atoms with Gasteiger partial charge in [0.25, 0.3) is 0 Å². The van der Waals surface area contributed by atoms with Gasteiger partial charge in [0.05, 0.1) is 11.9 Å². The Labute approximate surface area is 206 Å². The van der Waals surface area contributed by atoms with Crippen LogP contribution in [0.15, 0.2) is 54.7 Å². The Balaban J connectivity index is 1.43. The van der Waals surface area contributed by atoms with Gasteiger partial charge in [-0.1, -0.05) is 31.0 Å². The Morgan fingerprint density at radius 1 is 0.971 bits per heavy atom. The molecule has 1 aliphatic carbocycles. The van der Waals surface area contributed by atoms with Gasteiger partial charge in [0, 0.05) is 37.3 Å². The molecule has 186 valence electrons. The number of sulfonamides is 1. The summed E-state index contributed by atoms with van der Waals surface area (Å²) in [5.41, 5.74) is 3.18. The number of halogens is 2. The van der Waals surface area contributed by atoms with Crippen molar-refractivity contribution in [2.45, 2.75) is 51.5 Å². The summed E-state index contributed by atoms with van der Waals surface area (Å²) in [6.07, 6.45) is 9.27. The number of hydrogen-bond acceptors (Lipinski definition) is 4. The molecule has 1 fully saturated rings. The fourth-order valence-corrected chi connectivity index (χ4v) is 5.58. The fraction of sp³-hybridized carbons (Fsp3) is 0.407. The van der Waals surface area contributed by atoms with Crippen LogP contribution in [0, 0.1) is 17.6 Å². The Morgan fingerprint density at radius 3 is 2.43 bits per heavy atom. The van der Waals surface area contributed by atoms with E-state index in [-0.39, 0.29) is 0 Å². The summed E-state index contributed by atoms with van der Waals surface area (Å²) in [4.78, 5) is 9.02. The zero-order valence-electron chi connectivity index (χ0n) is 20.0. The molecule has 1 aliphatic rings. The van der Waals surface area contributed by atoms with Crippen molar-refractivity contribution in [1.82, 2.24) is 14.3 Å². The first-order valence-electron chi connectivity index (χ1n) is 12.1. The second kappa shape index (κ2) is 11.4. The molecule has 1 aromatic heterocycles. The van der Waals surface area contributed by atoms with Crippen LogP contribution in [0.25, 0.3) is 11.3 Å². The minimum Gasteiger partial charge on any atom is -0.241 e. The first-order valence-corrected chi connectivity index (χ1v) is 13.9. The molecule has 0 spiro atoms. The Kier molecular flexibility index (Phi) is 8.23. The van der Waals surface area contributed by atoms with Crippen molar-refractivity contribution >= 4 is 10.0 Å². The molecule has 0 unspecified atom stereocenters. The van der Waals surface area contributed by atoms with Crippen LogP contribution < -0.4 is 0 Å². The molecule has 8 heteroatoms. The van der Waals surface area contributed by atoms with Gasteiger partial charge in [0.1, 0.15) is 17.5 Å². The van der Waals surface area contributed by atoms with E-state index in [1.807, 2.05) is 30.3 Å². The third kappa shape index (κ3) is 7.39. The van der Waals surface area contributed by atoms with Gasteiger partial charge in [-0.25, -0.2) is 27.2 Å². The molecule has 0 amide bonds. The molecule has 2 aromatic carbocycles. The minimum absolute atomic E-state index is 0.339. The van der Waals surface area contributed by atoms with E-state index < -0.39 is 21.7 Å². The lowest BCUT2D eigenvalue weighted by molar-refractivity contribution is 0.342. The van der Waals surface area contributed by atoms with Crippen LogP contribution in [-0.4, -0.2) is 35.5 Å². The number of nitrogens with zero attached hydrogens (tertiary/aromatic N) is 3. The predicted molar refractivity (Wildman–Crippen MR) is 133 cm³/mol. The fourth-order valence-electron chi connectivity index (χ4n) is 4.72. The van der Waals surface area contributed by atoms with Crippen LogP contribution in [-0.2, 0) is 29.4 Å². The normalized spacial score (nSPS) is 14.6. The Morgan fingerprint density at radius 2 is 1.71 bits per heavy atom. The highest BCUT2D eigenvalue weighted by Gasteiger charge is 2.24. The van der Waals surface area contributed by atoms with Gasteiger partial charge in [-0.3, -0.25) is 0 Å². The standard InChI is InChI=1S/C27H31F2N3O2S/c1-35(33,34)32(18-20-6-2-3-7-20)19-22-9-4-10-23(14-22)26-12-13-30-27(31-26)11-5-8-21-15-24(28)17-25(29)16-21/h4,9-10,12-17,20H,2-3,5-8,11,18-19H2,1H3. The van der Waals surface area contributed by atoms with E-state index in [4.69, 9.17) is 0 Å². The molecular weight excluding hydrogens is 468 g/mol. The van der Waals surface area contributed by atoms with Gasteiger partial charge in [-0.2, -0.15) is 4.31 Å². The molecule has 5 nitrogen and oxygen atoms in total. The Hall–Kier alpha value is -2.71. The summed E-state index contributed by atoms with van der Waals surface area (Å²) >= 11 is 0. The van der Waals surface area contributed by atoms with Gasteiger partial charge >= 0.3 is 0 Å². The van der Waals surface area contributed by atoms with Gasteiger partial charge in [0.2, 0.25) is 10.0 Å². The molecule has 4 rings (SSSR count). The smallest absolute Gasteiger partial charge is 0.211 e. The van der Waals surface area contributed by atoms with E-state index in [1.165, 1.54) is 31.2 Å². The first-order chi connectivity index (χ1) is 16.8. The topological polar surface area (TPSA) is 63.2 Å². The molecule has 0 N–H and O–H groups in total. The average Bonchev–Trinajstić information content (AvgIpc) is 3.31. The second-order valence-electron chi connectivity index (χ2n) is 9.40. The molecule has 1 saturated carbocycles. The van der Waals surface area contributed by atoms with Crippen molar-refractivity contribution < 1.29 is 17.2 Å². The van der Waals surface area contributed by atoms with Crippen LogP contribution in [0.3, 0.4) is 0 Å². The summed E-state index contributed by atoms with van der Waals surface area (Å²) in [6.45, 7) is 0.904. The summed E-state index contributed by atoms with van der Waals surface area (Å²) in [7, 11) is -3.31. The minimum atomic E-state index is -3.31. The number of aryl methyl sites for hydroxylation is 2. The van der Waals surface area contributed by atoms with E-state index in [0.717, 1.165) is 35.7 Å². The zero-order chi connectivity index (χ0) is 24.8. The molecule has 0 radical (unpaired) electrons. The maximum atomic E-state index is 13.4. The molecule has 0 bridgehead atoms. The number of aromatic nitrogens is 2. The highest BCUT2D eigenvalue weighted by atomic mass is 32.2. The molecule has 0 aliphatic heterocycles. The molecule has 0 saturated heterocycles. The Bertz CT molecular complexity index is 1240. The van der Waals surface area contributed by atoms with Gasteiger partial charge in [0.15, 0.2) is 0 Å². The van der Waals surface area contributed by atoms with Gasteiger partial charge in [-0.15, -0.1) is 0 Å². The van der Waals surface area contributed by atoms with Gasteiger partial charge < -0.3 is 0 Å². The summed E-state index contributed by atoms with van der Waals surface area (Å²) in [5.74, 6) is -0.0587. The molecule has 1 heterocycles. The number of hydrogen-bond donors (Lipinski definition) is 0. The maximum absolute atomic E-state index is 13.4. The second-order valence-corrected chi connectivity index (χ2v) is 11.4. The van der Waals surface area contributed by atoms with Crippen molar-refractivity contribution in [1.29, 1.82) is 0 Å². The van der Waals surface area contributed by atoms with E-state index in [0.29, 0.717) is 49.7 Å². The zero-order valence-corrected chi connectivity index (χ0v) is 20.8. The molecule has 3 aromatic rings. The summed E-state index contributed by atoms with van der Waals surface area (Å²) in [5, 5.41) is 0. The lowest BCUT2D eigenvalue weighted by Gasteiger charge is -2.23. The largest absolute Gasteiger partial charge is 0.241 e. The number of benzene rings is 2. The molecule has 35 heavy (non-hydrogen) atoms. The lowest BCUT2D eigenvalue weighted by atomic mass is 10.1. The average molecular weight is 500 g/mol. The summed E-state index contributed by atoms with van der Waals surface area (Å²) < 4.78 is 53.2. The van der Waals surface area contributed by atoms with E-state index >= 15 is 0 Å². The lowest BCUT2D eigenvalue weighted by Crippen LogP contribution is -2.33. The number of rotatable bonds is 10. The van der Waals surface area contributed by atoms with Crippen LogP contribution in [0.1, 0.15) is 49.1 Å². The van der Waals surface area contributed by atoms with Crippen molar-refractivity contribution in [3.8, 4) is 11.3 Å². The highest BCUT2D eigenvalue weighted by molar-refractivity contribution is 7.88. The van der Waals surface area contributed by atoms with Crippen molar-refractivity contribution in [3.63, 3.8) is 0 Å². The monoisotopic (exact) mass is 499 g/mol. The van der Waals surface area contributed by atoms with Gasteiger partial charge in [-0.05, 0) is 67.0 Å². The van der Waals surface area contributed by atoms with Crippen LogP contribution in [0.4, 0.5) is 8.78 Å². The van der Waals surface area contributed by atoms with E-state index in [1.54, 1.807) is 10.5 Å². The van der Waals surface area contributed by atoms with Crippen molar-refractivity contribution in [2.24, 2.45) is 5.92 Å². The van der Waals surface area contributed by atoms with Crippen molar-refractivity contribution in [3.05, 3.63) is 83.3 Å².